The molecule has 0 aliphatic heterocycles. The summed E-state index contributed by atoms with van der Waals surface area (Å²) in [6, 6.07) is 0. The highest BCUT2D eigenvalue weighted by atomic mass is 16.3. The molecular weight excluding hydrogens is 118 g/mol. The smallest absolute Gasteiger partial charge is 0.0948 e. The zero-order valence-electron chi connectivity index (χ0n) is 5.38. The van der Waals surface area contributed by atoms with Crippen molar-refractivity contribution in [3.63, 3.8) is 0 Å². The Bertz CT molecular complexity index is 101. The van der Waals surface area contributed by atoms with Crippen LogP contribution >= 0.6 is 0 Å². The van der Waals surface area contributed by atoms with Crippen molar-refractivity contribution in [1.29, 1.82) is 0 Å². The summed E-state index contributed by atoms with van der Waals surface area (Å²) < 4.78 is 0. The summed E-state index contributed by atoms with van der Waals surface area (Å²) >= 11 is 0. The molecule has 1 aliphatic rings. The number of aliphatic hydroxyl groups is 2. The number of rotatable bonds is 2. The van der Waals surface area contributed by atoms with Gasteiger partial charge in [0.1, 0.15) is 0 Å². The third kappa shape index (κ3) is 1.08. The molecule has 0 aromatic carbocycles. The van der Waals surface area contributed by atoms with Gasteiger partial charge in [0.2, 0.25) is 0 Å². The van der Waals surface area contributed by atoms with E-state index in [9.17, 15) is 5.11 Å². The van der Waals surface area contributed by atoms with E-state index in [0.717, 1.165) is 6.42 Å². The molecule has 1 rings (SSSR count). The van der Waals surface area contributed by atoms with Crippen LogP contribution < -0.4 is 5.73 Å². The van der Waals surface area contributed by atoms with E-state index in [1.54, 1.807) is 0 Å². The summed E-state index contributed by atoms with van der Waals surface area (Å²) in [4.78, 5) is 0. The van der Waals surface area contributed by atoms with Gasteiger partial charge in [-0.25, -0.2) is 0 Å². The topological polar surface area (TPSA) is 66.5 Å². The first-order valence-electron chi connectivity index (χ1n) is 3.29. The van der Waals surface area contributed by atoms with Gasteiger partial charge >= 0.3 is 0 Å². The Balaban J connectivity index is 2.38. The maximum absolute atomic E-state index is 9.35. The maximum atomic E-state index is 9.35. The Morgan fingerprint density at radius 1 is 1.56 bits per heavy atom. The minimum Gasteiger partial charge on any atom is -0.389 e. The summed E-state index contributed by atoms with van der Waals surface area (Å²) in [5.74, 6) is 0. The van der Waals surface area contributed by atoms with Gasteiger partial charge in [0, 0.05) is 6.54 Å². The first-order chi connectivity index (χ1) is 4.19. The molecule has 0 radical (unpaired) electrons. The molecule has 54 valence electrons. The molecule has 9 heavy (non-hydrogen) atoms. The highest BCUT2D eigenvalue weighted by molar-refractivity contribution is 4.94. The highest BCUT2D eigenvalue weighted by Gasteiger charge is 2.40. The molecule has 1 unspecified atom stereocenters. The molecule has 0 aromatic heterocycles. The number of hydrogen-bond acceptors (Lipinski definition) is 3. The van der Waals surface area contributed by atoms with Crippen molar-refractivity contribution in [3.8, 4) is 0 Å². The lowest BCUT2D eigenvalue weighted by molar-refractivity contribution is -0.120. The molecule has 1 aliphatic carbocycles. The molecule has 3 heteroatoms. The van der Waals surface area contributed by atoms with E-state index in [4.69, 9.17) is 10.8 Å². The van der Waals surface area contributed by atoms with Gasteiger partial charge in [-0.2, -0.15) is 0 Å². The predicted octanol–water partition coefficient (Wildman–Crippen LogP) is -0.779. The average Bonchev–Trinajstić information content (AvgIpc) is 1.81. The van der Waals surface area contributed by atoms with E-state index in [1.807, 2.05) is 0 Å². The molecule has 0 amide bonds. The van der Waals surface area contributed by atoms with Crippen molar-refractivity contribution in [2.24, 2.45) is 5.73 Å². The van der Waals surface area contributed by atoms with E-state index in [0.29, 0.717) is 12.8 Å². The van der Waals surface area contributed by atoms with E-state index in [-0.39, 0.29) is 6.54 Å². The van der Waals surface area contributed by atoms with Crippen molar-refractivity contribution < 1.29 is 10.2 Å². The number of hydrogen-bond donors (Lipinski definition) is 3. The lowest BCUT2D eigenvalue weighted by atomic mass is 9.76. The molecular formula is C6H13NO2. The van der Waals surface area contributed by atoms with Gasteiger partial charge < -0.3 is 15.9 Å². The second-order valence-corrected chi connectivity index (χ2v) is 2.71. The van der Waals surface area contributed by atoms with Gasteiger partial charge in [0.05, 0.1) is 11.7 Å². The standard InChI is InChI=1S/C6H13NO2/c7-4-5(8)6(9)2-1-3-6/h5,8-9H,1-4,7H2. The molecule has 1 fully saturated rings. The van der Waals surface area contributed by atoms with Gasteiger partial charge in [-0.1, -0.05) is 0 Å². The van der Waals surface area contributed by atoms with Crippen LogP contribution in [0.3, 0.4) is 0 Å². The minimum atomic E-state index is -0.839. The Hall–Kier alpha value is -0.120. The fraction of sp³-hybridized carbons (Fsp3) is 1.00. The Labute approximate surface area is 54.5 Å². The molecule has 1 saturated carbocycles. The van der Waals surface area contributed by atoms with Gasteiger partial charge in [0.15, 0.2) is 0 Å². The number of aliphatic hydroxyl groups excluding tert-OH is 1. The normalized spacial score (nSPS) is 27.0. The van der Waals surface area contributed by atoms with Crippen molar-refractivity contribution in [2.45, 2.75) is 31.0 Å². The predicted molar refractivity (Wildman–Crippen MR) is 33.9 cm³/mol. The molecule has 0 bridgehead atoms. The van der Waals surface area contributed by atoms with Crippen molar-refractivity contribution >= 4 is 0 Å². The Morgan fingerprint density at radius 3 is 2.22 bits per heavy atom. The van der Waals surface area contributed by atoms with Crippen LogP contribution in [0.25, 0.3) is 0 Å². The van der Waals surface area contributed by atoms with Crippen LogP contribution in [0.15, 0.2) is 0 Å². The van der Waals surface area contributed by atoms with Crippen LogP contribution in [0.1, 0.15) is 19.3 Å². The summed E-state index contributed by atoms with van der Waals surface area (Å²) in [5.41, 5.74) is 4.32. The van der Waals surface area contributed by atoms with Crippen molar-refractivity contribution in [3.05, 3.63) is 0 Å². The van der Waals surface area contributed by atoms with E-state index < -0.39 is 11.7 Å². The molecule has 0 aromatic rings. The number of nitrogens with two attached hydrogens (primary N) is 1. The largest absolute Gasteiger partial charge is 0.389 e. The molecule has 3 nitrogen and oxygen atoms in total. The summed E-state index contributed by atoms with van der Waals surface area (Å²) in [7, 11) is 0. The van der Waals surface area contributed by atoms with Crippen LogP contribution in [-0.2, 0) is 0 Å². The fourth-order valence-corrected chi connectivity index (χ4v) is 1.09. The van der Waals surface area contributed by atoms with Crippen LogP contribution in [0.5, 0.6) is 0 Å². The first-order valence-corrected chi connectivity index (χ1v) is 3.29. The molecule has 1 atom stereocenters. The first kappa shape index (κ1) is 6.99. The molecule has 0 saturated heterocycles. The summed E-state index contributed by atoms with van der Waals surface area (Å²) in [6.07, 6.45) is 1.69. The highest BCUT2D eigenvalue weighted by Crippen LogP contribution is 2.34. The van der Waals surface area contributed by atoms with Crippen molar-refractivity contribution in [2.75, 3.05) is 6.54 Å². The van der Waals surface area contributed by atoms with Crippen LogP contribution in [0, 0.1) is 0 Å². The fourth-order valence-electron chi connectivity index (χ4n) is 1.09. The van der Waals surface area contributed by atoms with Crippen LogP contribution in [-0.4, -0.2) is 28.5 Å². The molecule has 0 heterocycles. The minimum absolute atomic E-state index is 0.163. The maximum Gasteiger partial charge on any atom is 0.0948 e. The van der Waals surface area contributed by atoms with Crippen LogP contribution in [0.4, 0.5) is 0 Å². The summed E-state index contributed by atoms with van der Waals surface area (Å²) in [6.45, 7) is 0.163. The van der Waals surface area contributed by atoms with E-state index in [2.05, 4.69) is 0 Å². The Morgan fingerprint density at radius 2 is 2.11 bits per heavy atom. The van der Waals surface area contributed by atoms with Gasteiger partial charge in [-0.3, -0.25) is 0 Å². The SMILES string of the molecule is NCC(O)C1(O)CCC1. The third-order valence-corrected chi connectivity index (χ3v) is 2.06. The van der Waals surface area contributed by atoms with E-state index in [1.165, 1.54) is 0 Å². The summed E-state index contributed by atoms with van der Waals surface area (Å²) in [5, 5.41) is 18.4. The van der Waals surface area contributed by atoms with Gasteiger partial charge in [-0.05, 0) is 19.3 Å². The molecule has 4 N–H and O–H groups in total. The third-order valence-electron chi connectivity index (χ3n) is 2.06. The lowest BCUT2D eigenvalue weighted by Crippen LogP contribution is -2.51. The second-order valence-electron chi connectivity index (χ2n) is 2.71. The van der Waals surface area contributed by atoms with Crippen molar-refractivity contribution in [1.82, 2.24) is 0 Å². The van der Waals surface area contributed by atoms with Gasteiger partial charge in [-0.15, -0.1) is 0 Å². The van der Waals surface area contributed by atoms with Gasteiger partial charge in [0.25, 0.3) is 0 Å². The zero-order chi connectivity index (χ0) is 6.91. The molecule has 0 spiro atoms. The van der Waals surface area contributed by atoms with E-state index >= 15 is 0 Å². The van der Waals surface area contributed by atoms with Crippen LogP contribution in [0.2, 0.25) is 0 Å². The second kappa shape index (κ2) is 2.25. The monoisotopic (exact) mass is 131 g/mol. The zero-order valence-corrected chi connectivity index (χ0v) is 5.38. The lowest BCUT2D eigenvalue weighted by Gasteiger charge is -2.39. The average molecular weight is 131 g/mol. The Kier molecular flexibility index (Phi) is 1.75. The quantitative estimate of drug-likeness (QED) is 0.460.